The normalized spacial score (nSPS) is 11.5. The smallest absolute Gasteiger partial charge is 0.261 e. The van der Waals surface area contributed by atoms with Crippen LogP contribution >= 0.6 is 0 Å². The number of hydrogen-bond donors (Lipinski definition) is 1. The third-order valence-corrected chi connectivity index (χ3v) is 5.34. The van der Waals surface area contributed by atoms with Gasteiger partial charge in [-0.2, -0.15) is 0 Å². The highest BCUT2D eigenvalue weighted by Crippen LogP contribution is 2.23. The lowest BCUT2D eigenvalue weighted by atomic mass is 10.1. The maximum atomic E-state index is 13.1. The molecule has 0 heterocycles. The van der Waals surface area contributed by atoms with Crippen molar-refractivity contribution in [1.29, 1.82) is 0 Å². The first-order chi connectivity index (χ1) is 14.8. The van der Waals surface area contributed by atoms with Crippen LogP contribution in [0.25, 0.3) is 0 Å². The third-order valence-electron chi connectivity index (χ3n) is 5.34. The predicted octanol–water partition coefficient (Wildman–Crippen LogP) is 3.94. The number of carbonyl (C=O) groups excluding carboxylic acids is 2. The first-order valence-corrected chi connectivity index (χ1v) is 10.7. The van der Waals surface area contributed by atoms with Gasteiger partial charge in [-0.05, 0) is 74.6 Å². The number of aryl methyl sites for hydroxylation is 2. The van der Waals surface area contributed by atoms with Gasteiger partial charge in [0.25, 0.3) is 5.91 Å². The zero-order valence-electron chi connectivity index (χ0n) is 19.5. The van der Waals surface area contributed by atoms with Crippen LogP contribution < -0.4 is 14.8 Å². The van der Waals surface area contributed by atoms with Crippen molar-refractivity contribution in [2.24, 2.45) is 0 Å². The Morgan fingerprint density at radius 1 is 1.10 bits per heavy atom. The van der Waals surface area contributed by atoms with Crippen molar-refractivity contribution in [3.63, 3.8) is 0 Å². The molecule has 0 spiro atoms. The minimum absolute atomic E-state index is 0.134. The Morgan fingerprint density at radius 2 is 1.77 bits per heavy atom. The second kappa shape index (κ2) is 11.4. The molecule has 0 bridgehead atoms. The summed E-state index contributed by atoms with van der Waals surface area (Å²) in [6.07, 6.45) is 0.833. The lowest BCUT2D eigenvalue weighted by Gasteiger charge is -2.29. The van der Waals surface area contributed by atoms with E-state index in [1.54, 1.807) is 18.9 Å². The molecule has 2 aromatic carbocycles. The van der Waals surface area contributed by atoms with E-state index in [1.807, 2.05) is 58.0 Å². The third kappa shape index (κ3) is 6.74. The van der Waals surface area contributed by atoms with E-state index in [0.717, 1.165) is 34.4 Å². The van der Waals surface area contributed by atoms with E-state index in [-0.39, 0.29) is 18.4 Å². The van der Waals surface area contributed by atoms with Gasteiger partial charge in [0.1, 0.15) is 17.5 Å². The monoisotopic (exact) mass is 426 g/mol. The van der Waals surface area contributed by atoms with Gasteiger partial charge in [-0.25, -0.2) is 0 Å². The number of ether oxygens (including phenoxy) is 2. The molecule has 2 amide bonds. The van der Waals surface area contributed by atoms with Gasteiger partial charge in [-0.3, -0.25) is 9.59 Å². The lowest BCUT2D eigenvalue weighted by molar-refractivity contribution is -0.142. The van der Waals surface area contributed by atoms with Crippen LogP contribution in [-0.2, 0) is 16.1 Å². The van der Waals surface area contributed by atoms with E-state index < -0.39 is 6.04 Å². The number of carbonyl (C=O) groups is 2. The molecule has 0 aliphatic rings. The van der Waals surface area contributed by atoms with Crippen LogP contribution in [0.2, 0.25) is 0 Å². The molecule has 1 N–H and O–H groups in total. The molecule has 0 saturated heterocycles. The first-order valence-electron chi connectivity index (χ1n) is 10.7. The maximum Gasteiger partial charge on any atom is 0.261 e. The van der Waals surface area contributed by atoms with Crippen LogP contribution in [0.15, 0.2) is 36.4 Å². The first kappa shape index (κ1) is 24.3. The van der Waals surface area contributed by atoms with Crippen LogP contribution in [0.4, 0.5) is 0 Å². The zero-order chi connectivity index (χ0) is 23.0. The number of methoxy groups -OCH3 is 1. The average molecular weight is 427 g/mol. The summed E-state index contributed by atoms with van der Waals surface area (Å²) in [4.78, 5) is 27.3. The summed E-state index contributed by atoms with van der Waals surface area (Å²) >= 11 is 0. The molecule has 0 radical (unpaired) electrons. The van der Waals surface area contributed by atoms with Gasteiger partial charge in [-0.1, -0.05) is 25.1 Å². The standard InChI is InChI=1S/C25H34N2O4/c1-7-12-26-25(29)20(5)27(15-21-8-10-22(30-6)11-9-21)24(28)16-31-23-14-17(2)13-18(3)19(23)4/h8-11,13-14,20H,7,12,15-16H2,1-6H3,(H,26,29)/t20-/m0/s1. The number of hydrogen-bond acceptors (Lipinski definition) is 4. The fourth-order valence-corrected chi connectivity index (χ4v) is 3.28. The van der Waals surface area contributed by atoms with Gasteiger partial charge in [0.2, 0.25) is 5.91 Å². The van der Waals surface area contributed by atoms with E-state index >= 15 is 0 Å². The van der Waals surface area contributed by atoms with Gasteiger partial charge in [0, 0.05) is 13.1 Å². The Bertz CT molecular complexity index is 893. The van der Waals surface area contributed by atoms with E-state index in [2.05, 4.69) is 11.4 Å². The van der Waals surface area contributed by atoms with Crippen molar-refractivity contribution in [3.05, 3.63) is 58.7 Å². The van der Waals surface area contributed by atoms with E-state index in [9.17, 15) is 9.59 Å². The molecule has 2 rings (SSSR count). The number of benzene rings is 2. The molecule has 1 atom stereocenters. The zero-order valence-corrected chi connectivity index (χ0v) is 19.5. The summed E-state index contributed by atoms with van der Waals surface area (Å²) in [5.74, 6) is 1.02. The molecular weight excluding hydrogens is 392 g/mol. The summed E-state index contributed by atoms with van der Waals surface area (Å²) in [6.45, 7) is 10.5. The molecule has 6 heteroatoms. The summed E-state index contributed by atoms with van der Waals surface area (Å²) in [6, 6.07) is 10.9. The van der Waals surface area contributed by atoms with Gasteiger partial charge >= 0.3 is 0 Å². The summed E-state index contributed by atoms with van der Waals surface area (Å²) in [5, 5.41) is 2.88. The number of amides is 2. The quantitative estimate of drug-likeness (QED) is 0.625. The van der Waals surface area contributed by atoms with Crippen LogP contribution in [0.3, 0.4) is 0 Å². The minimum Gasteiger partial charge on any atom is -0.497 e. The Labute approximate surface area is 185 Å². The molecule has 2 aromatic rings. The maximum absolute atomic E-state index is 13.1. The van der Waals surface area contributed by atoms with E-state index in [1.165, 1.54) is 0 Å². The fraction of sp³-hybridized carbons (Fsp3) is 0.440. The molecular formula is C25H34N2O4. The Kier molecular flexibility index (Phi) is 8.91. The highest BCUT2D eigenvalue weighted by Gasteiger charge is 2.26. The molecule has 0 saturated carbocycles. The van der Waals surface area contributed by atoms with Crippen molar-refractivity contribution in [1.82, 2.24) is 10.2 Å². The minimum atomic E-state index is -0.620. The Balaban J connectivity index is 2.19. The second-order valence-corrected chi connectivity index (χ2v) is 7.83. The van der Waals surface area contributed by atoms with E-state index in [4.69, 9.17) is 9.47 Å². The fourth-order valence-electron chi connectivity index (χ4n) is 3.28. The number of nitrogens with one attached hydrogen (secondary N) is 1. The highest BCUT2D eigenvalue weighted by molar-refractivity contribution is 5.88. The molecule has 168 valence electrons. The largest absolute Gasteiger partial charge is 0.497 e. The number of rotatable bonds is 10. The Hall–Kier alpha value is -3.02. The van der Waals surface area contributed by atoms with Crippen molar-refractivity contribution in [2.45, 2.75) is 53.6 Å². The average Bonchev–Trinajstić information content (AvgIpc) is 2.76. The Morgan fingerprint density at radius 3 is 2.39 bits per heavy atom. The van der Waals surface area contributed by atoms with Crippen LogP contribution in [0, 0.1) is 20.8 Å². The van der Waals surface area contributed by atoms with Gasteiger partial charge < -0.3 is 19.7 Å². The SMILES string of the molecule is CCCNC(=O)[C@H](C)N(Cc1ccc(OC)cc1)C(=O)COc1cc(C)cc(C)c1C. The lowest BCUT2D eigenvalue weighted by Crippen LogP contribution is -2.49. The van der Waals surface area contributed by atoms with Crippen LogP contribution in [-0.4, -0.2) is 43.0 Å². The molecule has 31 heavy (non-hydrogen) atoms. The topological polar surface area (TPSA) is 67.9 Å². The molecule has 6 nitrogen and oxygen atoms in total. The molecule has 0 fully saturated rings. The summed E-state index contributed by atoms with van der Waals surface area (Å²) in [7, 11) is 1.61. The highest BCUT2D eigenvalue weighted by atomic mass is 16.5. The molecule has 0 aliphatic heterocycles. The number of nitrogens with zero attached hydrogens (tertiary/aromatic N) is 1. The summed E-state index contributed by atoms with van der Waals surface area (Å²) in [5.41, 5.74) is 4.11. The van der Waals surface area contributed by atoms with Crippen molar-refractivity contribution in [3.8, 4) is 11.5 Å². The second-order valence-electron chi connectivity index (χ2n) is 7.83. The van der Waals surface area contributed by atoms with Crippen molar-refractivity contribution < 1.29 is 19.1 Å². The van der Waals surface area contributed by atoms with Gasteiger partial charge in [-0.15, -0.1) is 0 Å². The molecule has 0 aliphatic carbocycles. The van der Waals surface area contributed by atoms with Crippen molar-refractivity contribution in [2.75, 3.05) is 20.3 Å². The summed E-state index contributed by atoms with van der Waals surface area (Å²) < 4.78 is 11.1. The van der Waals surface area contributed by atoms with Gasteiger partial charge in [0.15, 0.2) is 6.61 Å². The van der Waals surface area contributed by atoms with E-state index in [0.29, 0.717) is 18.8 Å². The molecule has 0 unspecified atom stereocenters. The molecule has 0 aromatic heterocycles. The van der Waals surface area contributed by atoms with Crippen LogP contribution in [0.5, 0.6) is 11.5 Å². The van der Waals surface area contributed by atoms with Crippen molar-refractivity contribution >= 4 is 11.8 Å². The van der Waals surface area contributed by atoms with Crippen LogP contribution in [0.1, 0.15) is 42.5 Å². The van der Waals surface area contributed by atoms with Gasteiger partial charge in [0.05, 0.1) is 7.11 Å². The predicted molar refractivity (Wildman–Crippen MR) is 122 cm³/mol.